The number of aromatic nitrogens is 1. The van der Waals surface area contributed by atoms with Gasteiger partial charge in [-0.1, -0.05) is 6.07 Å². The molecule has 0 fully saturated rings. The fourth-order valence-corrected chi connectivity index (χ4v) is 1.50. The van der Waals surface area contributed by atoms with Crippen LogP contribution in [0, 0.1) is 11.6 Å². The van der Waals surface area contributed by atoms with Gasteiger partial charge in [-0.05, 0) is 18.2 Å². The van der Waals surface area contributed by atoms with E-state index in [1.165, 1.54) is 0 Å². The van der Waals surface area contributed by atoms with E-state index < -0.39 is 40.4 Å². The molecule has 7 heteroatoms. The average molecular weight is 275 g/mol. The average Bonchev–Trinajstić information content (AvgIpc) is 2.32. The van der Waals surface area contributed by atoms with Gasteiger partial charge in [-0.25, -0.2) is 8.78 Å². The number of hydrogen-bond donors (Lipinski definition) is 1. The van der Waals surface area contributed by atoms with Crippen LogP contribution in [0.1, 0.15) is 5.56 Å². The second-order valence-electron chi connectivity index (χ2n) is 3.69. The maximum Gasteiger partial charge on any atom is 0.418 e. The number of pyridine rings is 1. The summed E-state index contributed by atoms with van der Waals surface area (Å²) in [6.45, 7) is 0. The summed E-state index contributed by atoms with van der Waals surface area (Å²) in [6, 6.07) is 3.52. The third-order valence-electron chi connectivity index (χ3n) is 2.40. The lowest BCUT2D eigenvalue weighted by Gasteiger charge is -2.10. The smallest absolute Gasteiger partial charge is 0.418 e. The second kappa shape index (κ2) is 4.49. The Morgan fingerprint density at radius 3 is 2.37 bits per heavy atom. The predicted octanol–water partition coefficient (Wildman–Crippen LogP) is 3.75. The SMILES string of the molecule is Oc1cc(C(F)(F)F)cnc1-c1cccc(F)c1F. The molecule has 19 heavy (non-hydrogen) atoms. The van der Waals surface area contributed by atoms with Gasteiger partial charge in [0.25, 0.3) is 0 Å². The molecule has 0 radical (unpaired) electrons. The fraction of sp³-hybridized carbons (Fsp3) is 0.0833. The molecule has 2 aromatic rings. The number of halogens is 5. The van der Waals surface area contributed by atoms with E-state index in [9.17, 15) is 27.1 Å². The number of alkyl halides is 3. The third-order valence-corrected chi connectivity index (χ3v) is 2.40. The third kappa shape index (κ3) is 2.49. The van der Waals surface area contributed by atoms with E-state index in [0.29, 0.717) is 12.3 Å². The van der Waals surface area contributed by atoms with Crippen molar-refractivity contribution in [1.82, 2.24) is 4.98 Å². The lowest BCUT2D eigenvalue weighted by Crippen LogP contribution is -2.05. The molecule has 0 bridgehead atoms. The molecule has 0 atom stereocenters. The van der Waals surface area contributed by atoms with Gasteiger partial charge < -0.3 is 5.11 Å². The highest BCUT2D eigenvalue weighted by molar-refractivity contribution is 5.66. The van der Waals surface area contributed by atoms with Crippen molar-refractivity contribution >= 4 is 0 Å². The van der Waals surface area contributed by atoms with Gasteiger partial charge in [-0.3, -0.25) is 4.98 Å². The molecule has 0 aliphatic heterocycles. The second-order valence-corrected chi connectivity index (χ2v) is 3.69. The van der Waals surface area contributed by atoms with Gasteiger partial charge in [-0.15, -0.1) is 0 Å². The summed E-state index contributed by atoms with van der Waals surface area (Å²) in [4.78, 5) is 3.34. The Hall–Kier alpha value is -2.18. The van der Waals surface area contributed by atoms with Crippen LogP contribution < -0.4 is 0 Å². The predicted molar refractivity (Wildman–Crippen MR) is 56.3 cm³/mol. The number of rotatable bonds is 1. The maximum absolute atomic E-state index is 13.5. The first kappa shape index (κ1) is 13.3. The normalized spacial score (nSPS) is 11.6. The zero-order valence-electron chi connectivity index (χ0n) is 9.17. The van der Waals surface area contributed by atoms with Crippen LogP contribution in [-0.4, -0.2) is 10.1 Å². The van der Waals surface area contributed by atoms with E-state index >= 15 is 0 Å². The largest absolute Gasteiger partial charge is 0.506 e. The summed E-state index contributed by atoms with van der Waals surface area (Å²) in [5, 5.41) is 9.47. The highest BCUT2D eigenvalue weighted by Gasteiger charge is 2.32. The first-order chi connectivity index (χ1) is 8.80. The molecule has 2 rings (SSSR count). The van der Waals surface area contributed by atoms with Crippen LogP contribution >= 0.6 is 0 Å². The molecule has 1 aromatic heterocycles. The van der Waals surface area contributed by atoms with Crippen molar-refractivity contribution in [2.75, 3.05) is 0 Å². The minimum atomic E-state index is -4.68. The molecule has 0 saturated carbocycles. The van der Waals surface area contributed by atoms with Crippen molar-refractivity contribution in [2.45, 2.75) is 6.18 Å². The van der Waals surface area contributed by atoms with Crippen LogP contribution in [0.5, 0.6) is 5.75 Å². The van der Waals surface area contributed by atoms with E-state index in [4.69, 9.17) is 0 Å². The number of aromatic hydroxyl groups is 1. The van der Waals surface area contributed by atoms with Gasteiger partial charge >= 0.3 is 6.18 Å². The monoisotopic (exact) mass is 275 g/mol. The Balaban J connectivity index is 2.56. The molecule has 0 aliphatic carbocycles. The van der Waals surface area contributed by atoms with Crippen LogP contribution in [0.2, 0.25) is 0 Å². The first-order valence-electron chi connectivity index (χ1n) is 5.01. The lowest BCUT2D eigenvalue weighted by atomic mass is 10.1. The summed E-state index contributed by atoms with van der Waals surface area (Å²) < 4.78 is 63.5. The fourth-order valence-electron chi connectivity index (χ4n) is 1.50. The zero-order chi connectivity index (χ0) is 14.2. The molecular formula is C12H6F5NO. The molecule has 100 valence electrons. The summed E-state index contributed by atoms with van der Waals surface area (Å²) in [5.74, 6) is -3.34. The van der Waals surface area contributed by atoms with Gasteiger partial charge in [0.2, 0.25) is 0 Å². The van der Waals surface area contributed by atoms with Gasteiger partial charge in [0, 0.05) is 11.8 Å². The Labute approximate surface area is 104 Å². The Morgan fingerprint density at radius 1 is 1.11 bits per heavy atom. The first-order valence-corrected chi connectivity index (χ1v) is 5.01. The Bertz CT molecular complexity index is 624. The molecule has 1 aromatic carbocycles. The van der Waals surface area contributed by atoms with Gasteiger partial charge in [-0.2, -0.15) is 13.2 Å². The molecule has 0 unspecified atom stereocenters. The van der Waals surface area contributed by atoms with Gasteiger partial charge in [0.05, 0.1) is 5.56 Å². The van der Waals surface area contributed by atoms with E-state index in [1.807, 2.05) is 0 Å². The molecule has 0 aliphatic rings. The molecule has 1 N–H and O–H groups in total. The van der Waals surface area contributed by atoms with Crippen molar-refractivity contribution in [3.63, 3.8) is 0 Å². The van der Waals surface area contributed by atoms with Crippen molar-refractivity contribution < 1.29 is 27.1 Å². The van der Waals surface area contributed by atoms with Crippen molar-refractivity contribution in [1.29, 1.82) is 0 Å². The summed E-state index contributed by atoms with van der Waals surface area (Å²) in [6.07, 6.45) is -4.23. The zero-order valence-corrected chi connectivity index (χ0v) is 9.17. The highest BCUT2D eigenvalue weighted by Crippen LogP contribution is 2.35. The Morgan fingerprint density at radius 2 is 1.79 bits per heavy atom. The minimum Gasteiger partial charge on any atom is -0.506 e. The standard InChI is InChI=1S/C12H6F5NO/c13-8-3-1-2-7(10(8)14)11-9(19)4-6(5-18-11)12(15,16)17/h1-5,19H. The summed E-state index contributed by atoms with van der Waals surface area (Å²) >= 11 is 0. The van der Waals surface area contributed by atoms with Gasteiger partial charge in [0.1, 0.15) is 11.4 Å². The highest BCUT2D eigenvalue weighted by atomic mass is 19.4. The van der Waals surface area contributed by atoms with Gasteiger partial charge in [0.15, 0.2) is 11.6 Å². The van der Waals surface area contributed by atoms with Crippen molar-refractivity contribution in [3.05, 3.63) is 47.7 Å². The molecule has 1 heterocycles. The maximum atomic E-state index is 13.5. The van der Waals surface area contributed by atoms with Crippen molar-refractivity contribution in [2.24, 2.45) is 0 Å². The molecule has 0 spiro atoms. The number of nitrogens with zero attached hydrogens (tertiary/aromatic N) is 1. The van der Waals surface area contributed by atoms with Crippen molar-refractivity contribution in [3.8, 4) is 17.0 Å². The lowest BCUT2D eigenvalue weighted by molar-refractivity contribution is -0.137. The van der Waals surface area contributed by atoms with Crippen LogP contribution in [0.15, 0.2) is 30.5 Å². The van der Waals surface area contributed by atoms with Crippen LogP contribution in [0.25, 0.3) is 11.3 Å². The number of hydrogen-bond acceptors (Lipinski definition) is 2. The molecule has 0 saturated heterocycles. The van der Waals surface area contributed by atoms with E-state index in [0.717, 1.165) is 18.2 Å². The summed E-state index contributed by atoms with van der Waals surface area (Å²) in [7, 11) is 0. The van der Waals surface area contributed by atoms with Crippen LogP contribution in [-0.2, 0) is 6.18 Å². The van der Waals surface area contributed by atoms with Crippen LogP contribution in [0.4, 0.5) is 22.0 Å². The topological polar surface area (TPSA) is 33.1 Å². The number of benzene rings is 1. The van der Waals surface area contributed by atoms with Crippen LogP contribution in [0.3, 0.4) is 0 Å². The minimum absolute atomic E-state index is 0.409. The van der Waals surface area contributed by atoms with E-state index in [1.54, 1.807) is 0 Å². The van der Waals surface area contributed by atoms with E-state index in [-0.39, 0.29) is 0 Å². The molecule has 2 nitrogen and oxygen atoms in total. The molecular weight excluding hydrogens is 269 g/mol. The summed E-state index contributed by atoms with van der Waals surface area (Å²) in [5.41, 5.74) is -2.04. The quantitative estimate of drug-likeness (QED) is 0.804. The molecule has 0 amide bonds. The Kier molecular flexibility index (Phi) is 3.13. The van der Waals surface area contributed by atoms with E-state index in [2.05, 4.69) is 4.98 Å².